The highest BCUT2D eigenvalue weighted by Crippen LogP contribution is 2.25. The summed E-state index contributed by atoms with van der Waals surface area (Å²) in [6.07, 6.45) is 0.874. The van der Waals surface area contributed by atoms with Crippen molar-refractivity contribution in [2.45, 2.75) is 13.3 Å². The van der Waals surface area contributed by atoms with Crippen LogP contribution in [0.4, 0.5) is 16.2 Å². The summed E-state index contributed by atoms with van der Waals surface area (Å²) in [5.74, 6) is -0.138. The van der Waals surface area contributed by atoms with Crippen LogP contribution in [-0.2, 0) is 0 Å². The van der Waals surface area contributed by atoms with Gasteiger partial charge in [-0.2, -0.15) is 0 Å². The standard InChI is InChI=1S/C17H17Cl2N3O2/c1-2-9-20-16(23)11-3-6-13(7-4-11)21-17(24)22-15-8-5-12(18)10-14(15)19/h3-8,10H,2,9H2,1H3,(H,20,23)(H2,21,22,24). The van der Waals surface area contributed by atoms with Crippen LogP contribution in [-0.4, -0.2) is 18.5 Å². The molecule has 5 nitrogen and oxygen atoms in total. The van der Waals surface area contributed by atoms with E-state index < -0.39 is 6.03 Å². The summed E-state index contributed by atoms with van der Waals surface area (Å²) in [5.41, 5.74) is 1.55. The average Bonchev–Trinajstić information content (AvgIpc) is 2.56. The van der Waals surface area contributed by atoms with Gasteiger partial charge in [-0.3, -0.25) is 4.79 Å². The Morgan fingerprint density at radius 1 is 1.00 bits per heavy atom. The van der Waals surface area contributed by atoms with Gasteiger partial charge in [-0.25, -0.2) is 4.79 Å². The highest BCUT2D eigenvalue weighted by atomic mass is 35.5. The molecule has 0 radical (unpaired) electrons. The molecule has 0 saturated carbocycles. The predicted octanol–water partition coefficient (Wildman–Crippen LogP) is 4.78. The lowest BCUT2D eigenvalue weighted by Crippen LogP contribution is -2.24. The first-order chi connectivity index (χ1) is 11.5. The van der Waals surface area contributed by atoms with Crippen LogP contribution in [0.25, 0.3) is 0 Å². The van der Waals surface area contributed by atoms with E-state index in [0.29, 0.717) is 33.5 Å². The molecule has 0 aliphatic rings. The van der Waals surface area contributed by atoms with Gasteiger partial charge >= 0.3 is 6.03 Å². The highest BCUT2D eigenvalue weighted by Gasteiger charge is 2.08. The molecule has 0 spiro atoms. The van der Waals surface area contributed by atoms with E-state index in [2.05, 4.69) is 16.0 Å². The molecule has 0 aliphatic carbocycles. The number of hydrogen-bond acceptors (Lipinski definition) is 2. The van der Waals surface area contributed by atoms with Crippen molar-refractivity contribution in [1.29, 1.82) is 0 Å². The van der Waals surface area contributed by atoms with Crippen molar-refractivity contribution >= 4 is 46.5 Å². The molecule has 2 aromatic carbocycles. The zero-order chi connectivity index (χ0) is 17.5. The molecule has 7 heteroatoms. The predicted molar refractivity (Wildman–Crippen MR) is 98.2 cm³/mol. The van der Waals surface area contributed by atoms with Gasteiger partial charge in [-0.15, -0.1) is 0 Å². The monoisotopic (exact) mass is 365 g/mol. The quantitative estimate of drug-likeness (QED) is 0.713. The Morgan fingerprint density at radius 3 is 2.33 bits per heavy atom. The Hall–Kier alpha value is -2.24. The van der Waals surface area contributed by atoms with Crippen LogP contribution in [0.2, 0.25) is 10.0 Å². The summed E-state index contributed by atoms with van der Waals surface area (Å²) in [7, 11) is 0. The lowest BCUT2D eigenvalue weighted by Gasteiger charge is -2.10. The van der Waals surface area contributed by atoms with Crippen LogP contribution in [0.3, 0.4) is 0 Å². The lowest BCUT2D eigenvalue weighted by atomic mass is 10.2. The van der Waals surface area contributed by atoms with Gasteiger partial charge in [-0.1, -0.05) is 30.1 Å². The number of urea groups is 1. The molecule has 3 N–H and O–H groups in total. The lowest BCUT2D eigenvalue weighted by molar-refractivity contribution is 0.0953. The molecule has 0 heterocycles. The zero-order valence-electron chi connectivity index (χ0n) is 13.0. The smallest absolute Gasteiger partial charge is 0.323 e. The third-order valence-corrected chi connectivity index (χ3v) is 3.67. The van der Waals surface area contributed by atoms with E-state index in [9.17, 15) is 9.59 Å². The Labute approximate surface area is 150 Å². The molecule has 0 unspecified atom stereocenters. The van der Waals surface area contributed by atoms with E-state index >= 15 is 0 Å². The third kappa shape index (κ3) is 5.15. The van der Waals surface area contributed by atoms with Crippen molar-refractivity contribution in [1.82, 2.24) is 5.32 Å². The molecule has 0 bridgehead atoms. The van der Waals surface area contributed by atoms with E-state index in [-0.39, 0.29) is 5.91 Å². The van der Waals surface area contributed by atoms with Gasteiger partial charge in [0.2, 0.25) is 0 Å². The minimum atomic E-state index is -0.442. The number of amides is 3. The third-order valence-electron chi connectivity index (χ3n) is 3.12. The topological polar surface area (TPSA) is 70.2 Å². The fraction of sp³-hybridized carbons (Fsp3) is 0.176. The zero-order valence-corrected chi connectivity index (χ0v) is 14.5. The number of benzene rings is 2. The van der Waals surface area contributed by atoms with Crippen LogP contribution in [0.15, 0.2) is 42.5 Å². The van der Waals surface area contributed by atoms with Crippen molar-refractivity contribution < 1.29 is 9.59 Å². The van der Waals surface area contributed by atoms with Crippen LogP contribution in [0.5, 0.6) is 0 Å². The maximum absolute atomic E-state index is 12.0. The average molecular weight is 366 g/mol. The van der Waals surface area contributed by atoms with E-state index in [0.717, 1.165) is 6.42 Å². The minimum absolute atomic E-state index is 0.138. The van der Waals surface area contributed by atoms with E-state index in [1.54, 1.807) is 42.5 Å². The Bertz CT molecular complexity index is 733. The molecule has 0 saturated heterocycles. The van der Waals surface area contributed by atoms with Crippen molar-refractivity contribution in [2.75, 3.05) is 17.2 Å². The van der Waals surface area contributed by atoms with Crippen LogP contribution in [0.1, 0.15) is 23.7 Å². The fourth-order valence-corrected chi connectivity index (χ4v) is 2.38. The first-order valence-electron chi connectivity index (χ1n) is 7.41. The van der Waals surface area contributed by atoms with Crippen molar-refractivity contribution in [3.63, 3.8) is 0 Å². The highest BCUT2D eigenvalue weighted by molar-refractivity contribution is 6.36. The largest absolute Gasteiger partial charge is 0.352 e. The second kappa shape index (κ2) is 8.57. The number of nitrogens with one attached hydrogen (secondary N) is 3. The van der Waals surface area contributed by atoms with Crippen molar-refractivity contribution in [3.05, 3.63) is 58.1 Å². The van der Waals surface area contributed by atoms with Gasteiger partial charge in [0.25, 0.3) is 5.91 Å². The SMILES string of the molecule is CCCNC(=O)c1ccc(NC(=O)Nc2ccc(Cl)cc2Cl)cc1. The van der Waals surface area contributed by atoms with Gasteiger partial charge in [0.05, 0.1) is 10.7 Å². The number of rotatable bonds is 5. The summed E-state index contributed by atoms with van der Waals surface area (Å²) < 4.78 is 0. The molecular formula is C17H17Cl2N3O2. The maximum atomic E-state index is 12.0. The molecule has 2 rings (SSSR count). The van der Waals surface area contributed by atoms with Crippen molar-refractivity contribution in [3.8, 4) is 0 Å². The molecule has 0 atom stereocenters. The van der Waals surface area contributed by atoms with Crippen LogP contribution < -0.4 is 16.0 Å². The van der Waals surface area contributed by atoms with Gasteiger partial charge in [0, 0.05) is 22.8 Å². The first-order valence-corrected chi connectivity index (χ1v) is 8.16. The summed E-state index contributed by atoms with van der Waals surface area (Å²) in [5, 5.41) is 8.92. The van der Waals surface area contributed by atoms with E-state index in [1.165, 1.54) is 0 Å². The molecule has 2 aromatic rings. The molecule has 24 heavy (non-hydrogen) atoms. The summed E-state index contributed by atoms with van der Waals surface area (Å²) in [6.45, 7) is 2.61. The first kappa shape index (κ1) is 18.1. The summed E-state index contributed by atoms with van der Waals surface area (Å²) in [6, 6.07) is 11.0. The summed E-state index contributed by atoms with van der Waals surface area (Å²) >= 11 is 11.8. The van der Waals surface area contributed by atoms with Crippen molar-refractivity contribution in [2.24, 2.45) is 0 Å². The molecule has 0 fully saturated rings. The number of carbonyl (C=O) groups excluding carboxylic acids is 2. The van der Waals surface area contributed by atoms with Crippen LogP contribution in [0, 0.1) is 0 Å². The Morgan fingerprint density at radius 2 is 1.71 bits per heavy atom. The summed E-state index contributed by atoms with van der Waals surface area (Å²) in [4.78, 5) is 23.8. The molecule has 3 amide bonds. The van der Waals surface area contributed by atoms with Gasteiger partial charge in [-0.05, 0) is 48.9 Å². The second-order valence-electron chi connectivity index (χ2n) is 5.04. The fourth-order valence-electron chi connectivity index (χ4n) is 1.92. The number of halogens is 2. The van der Waals surface area contributed by atoms with Gasteiger partial charge < -0.3 is 16.0 Å². The van der Waals surface area contributed by atoms with Gasteiger partial charge in [0.1, 0.15) is 0 Å². The second-order valence-corrected chi connectivity index (χ2v) is 5.88. The normalized spacial score (nSPS) is 10.1. The number of hydrogen-bond donors (Lipinski definition) is 3. The minimum Gasteiger partial charge on any atom is -0.352 e. The van der Waals surface area contributed by atoms with E-state index in [4.69, 9.17) is 23.2 Å². The molecule has 0 aromatic heterocycles. The Balaban J connectivity index is 1.95. The number of carbonyl (C=O) groups is 2. The molecule has 0 aliphatic heterocycles. The molecule has 126 valence electrons. The molecular weight excluding hydrogens is 349 g/mol. The van der Waals surface area contributed by atoms with E-state index in [1.807, 2.05) is 6.92 Å². The van der Waals surface area contributed by atoms with Gasteiger partial charge in [0.15, 0.2) is 0 Å². The maximum Gasteiger partial charge on any atom is 0.323 e. The number of anilines is 2. The van der Waals surface area contributed by atoms with Crippen LogP contribution >= 0.6 is 23.2 Å². The Kier molecular flexibility index (Phi) is 6.46.